The molecule has 1 amide bonds. The van der Waals surface area contributed by atoms with Crippen molar-refractivity contribution in [3.8, 4) is 5.75 Å². The Hall–Kier alpha value is -2.40. The third kappa shape index (κ3) is 4.61. The number of nitrogens with zero attached hydrogens (tertiary/aromatic N) is 1. The lowest BCUT2D eigenvalue weighted by molar-refractivity contribution is -0.135. The fraction of sp³-hybridized carbons (Fsp3) is 0.381. The molecule has 5 heteroatoms. The van der Waals surface area contributed by atoms with Crippen LogP contribution in [-0.4, -0.2) is 35.1 Å². The minimum atomic E-state index is -0.846. The summed E-state index contributed by atoms with van der Waals surface area (Å²) in [6, 6.07) is 11.7. The Morgan fingerprint density at radius 2 is 1.92 bits per heavy atom. The van der Waals surface area contributed by atoms with E-state index in [1.807, 2.05) is 32.0 Å². The van der Waals surface area contributed by atoms with Crippen LogP contribution in [0, 0.1) is 19.7 Å². The zero-order valence-electron chi connectivity index (χ0n) is 15.1. The molecule has 1 atom stereocenters. The van der Waals surface area contributed by atoms with Crippen LogP contribution in [0.25, 0.3) is 0 Å². The number of aliphatic hydroxyl groups is 1. The molecule has 0 aliphatic heterocycles. The molecule has 1 aliphatic rings. The van der Waals surface area contributed by atoms with Crippen LogP contribution in [0.1, 0.15) is 35.6 Å². The van der Waals surface area contributed by atoms with Crippen LogP contribution in [0.5, 0.6) is 5.75 Å². The fourth-order valence-electron chi connectivity index (χ4n) is 2.90. The Bertz CT molecular complexity index is 771. The van der Waals surface area contributed by atoms with Crippen molar-refractivity contribution >= 4 is 5.91 Å². The summed E-state index contributed by atoms with van der Waals surface area (Å²) in [4.78, 5) is 14.3. The molecule has 4 nitrogen and oxygen atoms in total. The third-order valence-corrected chi connectivity index (χ3v) is 4.63. The molecule has 1 N–H and O–H groups in total. The predicted octanol–water partition coefficient (Wildman–Crippen LogP) is 3.55. The summed E-state index contributed by atoms with van der Waals surface area (Å²) >= 11 is 0. The van der Waals surface area contributed by atoms with Crippen molar-refractivity contribution in [3.05, 3.63) is 65.0 Å². The van der Waals surface area contributed by atoms with E-state index in [0.717, 1.165) is 24.0 Å². The number of carbonyl (C=O) groups is 1. The first-order valence-electron chi connectivity index (χ1n) is 8.87. The Labute approximate surface area is 153 Å². The lowest BCUT2D eigenvalue weighted by atomic mass is 10.1. The standard InChI is InChI=1S/C21H24FNO3/c1-14-3-4-15(2)20(11-14)26-13-21(25)23(18-9-10-18)12-19(24)16-5-7-17(22)8-6-16/h3-8,11,18-19,24H,9-10,12-13H2,1-2H3/t19-/m1/s1. The maximum Gasteiger partial charge on any atom is 0.260 e. The number of amides is 1. The molecule has 1 fully saturated rings. The van der Waals surface area contributed by atoms with Gasteiger partial charge in [0.15, 0.2) is 6.61 Å². The summed E-state index contributed by atoms with van der Waals surface area (Å²) < 4.78 is 18.8. The minimum Gasteiger partial charge on any atom is -0.483 e. The number of carbonyl (C=O) groups excluding carboxylic acids is 1. The van der Waals surface area contributed by atoms with Gasteiger partial charge in [-0.2, -0.15) is 0 Å². The van der Waals surface area contributed by atoms with Crippen LogP contribution in [0.3, 0.4) is 0 Å². The van der Waals surface area contributed by atoms with Gasteiger partial charge in [-0.1, -0.05) is 24.3 Å². The van der Waals surface area contributed by atoms with Crippen LogP contribution >= 0.6 is 0 Å². The van der Waals surface area contributed by atoms with Crippen molar-refractivity contribution in [1.82, 2.24) is 4.90 Å². The second-order valence-electron chi connectivity index (χ2n) is 6.90. The van der Waals surface area contributed by atoms with Crippen molar-refractivity contribution in [2.24, 2.45) is 0 Å². The Kier molecular flexibility index (Phi) is 5.57. The predicted molar refractivity (Wildman–Crippen MR) is 97.5 cm³/mol. The lowest BCUT2D eigenvalue weighted by Crippen LogP contribution is -2.39. The van der Waals surface area contributed by atoms with E-state index < -0.39 is 6.10 Å². The highest BCUT2D eigenvalue weighted by molar-refractivity contribution is 5.78. The maximum absolute atomic E-state index is 13.0. The van der Waals surface area contributed by atoms with Crippen LogP contribution in [0.2, 0.25) is 0 Å². The molecular weight excluding hydrogens is 333 g/mol. The quantitative estimate of drug-likeness (QED) is 0.824. The average Bonchev–Trinajstić information content (AvgIpc) is 3.45. The minimum absolute atomic E-state index is 0.0586. The molecule has 2 aromatic carbocycles. The highest BCUT2D eigenvalue weighted by Crippen LogP contribution is 2.29. The van der Waals surface area contributed by atoms with Gasteiger partial charge < -0.3 is 14.7 Å². The molecule has 2 aromatic rings. The normalized spacial score (nSPS) is 14.8. The number of aliphatic hydroxyl groups excluding tert-OH is 1. The van der Waals surface area contributed by atoms with E-state index in [9.17, 15) is 14.3 Å². The summed E-state index contributed by atoms with van der Waals surface area (Å²) in [6.07, 6.45) is 1.03. The maximum atomic E-state index is 13.0. The highest BCUT2D eigenvalue weighted by Gasteiger charge is 2.34. The largest absolute Gasteiger partial charge is 0.483 e. The van der Waals surface area contributed by atoms with Gasteiger partial charge in [-0.3, -0.25) is 4.79 Å². The van der Waals surface area contributed by atoms with Crippen molar-refractivity contribution < 1.29 is 19.0 Å². The van der Waals surface area contributed by atoms with Crippen molar-refractivity contribution in [2.45, 2.75) is 38.8 Å². The van der Waals surface area contributed by atoms with Crippen molar-refractivity contribution in [1.29, 1.82) is 0 Å². The highest BCUT2D eigenvalue weighted by atomic mass is 19.1. The second kappa shape index (κ2) is 7.87. The third-order valence-electron chi connectivity index (χ3n) is 4.63. The average molecular weight is 357 g/mol. The number of ether oxygens (including phenoxy) is 1. The van der Waals surface area contributed by atoms with Gasteiger partial charge in [0.1, 0.15) is 11.6 Å². The van der Waals surface area contributed by atoms with E-state index >= 15 is 0 Å². The van der Waals surface area contributed by atoms with E-state index in [2.05, 4.69) is 0 Å². The topological polar surface area (TPSA) is 49.8 Å². The smallest absolute Gasteiger partial charge is 0.260 e. The summed E-state index contributed by atoms with van der Waals surface area (Å²) in [5.41, 5.74) is 2.65. The van der Waals surface area contributed by atoms with Gasteiger partial charge in [0.25, 0.3) is 5.91 Å². The van der Waals surface area contributed by atoms with Gasteiger partial charge in [-0.05, 0) is 61.6 Å². The molecule has 0 aromatic heterocycles. The number of hydrogen-bond acceptors (Lipinski definition) is 3. The van der Waals surface area contributed by atoms with Crippen LogP contribution in [0.4, 0.5) is 4.39 Å². The number of aryl methyl sites for hydroxylation is 2. The van der Waals surface area contributed by atoms with E-state index in [4.69, 9.17) is 4.74 Å². The molecule has 26 heavy (non-hydrogen) atoms. The molecule has 0 spiro atoms. The molecule has 3 rings (SSSR count). The molecule has 0 bridgehead atoms. The van der Waals surface area contributed by atoms with Crippen LogP contribution in [-0.2, 0) is 4.79 Å². The lowest BCUT2D eigenvalue weighted by Gasteiger charge is -2.25. The number of halogens is 1. The molecule has 138 valence electrons. The molecule has 1 saturated carbocycles. The fourth-order valence-corrected chi connectivity index (χ4v) is 2.90. The summed E-state index contributed by atoms with van der Waals surface area (Å²) in [6.45, 7) is 4.04. The van der Waals surface area contributed by atoms with E-state index in [0.29, 0.717) is 11.3 Å². The monoisotopic (exact) mass is 357 g/mol. The van der Waals surface area contributed by atoms with Gasteiger partial charge in [-0.15, -0.1) is 0 Å². The molecule has 0 unspecified atom stereocenters. The number of rotatable bonds is 7. The van der Waals surface area contributed by atoms with Gasteiger partial charge in [0, 0.05) is 6.04 Å². The first kappa shape index (κ1) is 18.4. The first-order chi connectivity index (χ1) is 12.4. The molecule has 1 aliphatic carbocycles. The molecular formula is C21H24FNO3. The molecule has 0 radical (unpaired) electrons. The van der Waals surface area contributed by atoms with Gasteiger partial charge in [0.05, 0.1) is 12.6 Å². The zero-order chi connectivity index (χ0) is 18.7. The summed E-state index contributed by atoms with van der Waals surface area (Å²) in [5, 5.41) is 10.4. The summed E-state index contributed by atoms with van der Waals surface area (Å²) in [5.74, 6) is 0.209. The molecule has 0 heterocycles. The van der Waals surface area contributed by atoms with E-state index in [1.165, 1.54) is 12.1 Å². The first-order valence-corrected chi connectivity index (χ1v) is 8.87. The van der Waals surface area contributed by atoms with E-state index in [1.54, 1.807) is 17.0 Å². The number of benzene rings is 2. The molecule has 0 saturated heterocycles. The van der Waals surface area contributed by atoms with Crippen molar-refractivity contribution in [2.75, 3.05) is 13.2 Å². The second-order valence-corrected chi connectivity index (χ2v) is 6.90. The van der Waals surface area contributed by atoms with Crippen LogP contribution < -0.4 is 4.74 Å². The van der Waals surface area contributed by atoms with Gasteiger partial charge >= 0.3 is 0 Å². The Balaban J connectivity index is 1.63. The van der Waals surface area contributed by atoms with Crippen molar-refractivity contribution in [3.63, 3.8) is 0 Å². The van der Waals surface area contributed by atoms with E-state index in [-0.39, 0.29) is 30.9 Å². The van der Waals surface area contributed by atoms with Gasteiger partial charge in [-0.25, -0.2) is 4.39 Å². The Morgan fingerprint density at radius 1 is 1.23 bits per heavy atom. The number of hydrogen-bond donors (Lipinski definition) is 1. The van der Waals surface area contributed by atoms with Crippen LogP contribution in [0.15, 0.2) is 42.5 Å². The van der Waals surface area contributed by atoms with Gasteiger partial charge in [0.2, 0.25) is 0 Å². The summed E-state index contributed by atoms with van der Waals surface area (Å²) in [7, 11) is 0. The SMILES string of the molecule is Cc1ccc(C)c(OCC(=O)N(C[C@@H](O)c2ccc(F)cc2)C2CC2)c1. The Morgan fingerprint density at radius 3 is 2.58 bits per heavy atom. The zero-order valence-corrected chi connectivity index (χ0v) is 15.1.